The summed E-state index contributed by atoms with van der Waals surface area (Å²) in [7, 11) is 0. The van der Waals surface area contributed by atoms with Crippen LogP contribution in [0.4, 0.5) is 0 Å². The van der Waals surface area contributed by atoms with Crippen molar-refractivity contribution in [3.8, 4) is 22.3 Å². The molecule has 0 aliphatic heterocycles. The highest BCUT2D eigenvalue weighted by atomic mass is 32.1. The molecule has 98 valence electrons. The van der Waals surface area contributed by atoms with Crippen molar-refractivity contribution in [2.45, 2.75) is 13.8 Å². The minimum Gasteiger partial charge on any atom is -0.210 e. The molecular weight excluding hydrogens is 268 g/mol. The lowest BCUT2D eigenvalue weighted by Gasteiger charge is -2.09. The summed E-state index contributed by atoms with van der Waals surface area (Å²) in [6, 6.07) is 12.2. The number of hydrogen-bond donors (Lipinski definition) is 0. The zero-order valence-corrected chi connectivity index (χ0v) is 12.0. The van der Waals surface area contributed by atoms with E-state index >= 15 is 0 Å². The second kappa shape index (κ2) is 4.91. The van der Waals surface area contributed by atoms with Crippen molar-refractivity contribution in [1.29, 1.82) is 5.26 Å². The predicted octanol–water partition coefficient (Wildman–Crippen LogP) is 3.48. The van der Waals surface area contributed by atoms with E-state index in [1.54, 1.807) is 16.0 Å². The van der Waals surface area contributed by atoms with Crippen molar-refractivity contribution in [3.05, 3.63) is 52.5 Å². The number of aryl methyl sites for hydroxylation is 2. The summed E-state index contributed by atoms with van der Waals surface area (Å²) in [5.74, 6) is 0. The summed E-state index contributed by atoms with van der Waals surface area (Å²) in [5, 5.41) is 19.4. The van der Waals surface area contributed by atoms with Crippen LogP contribution in [0.5, 0.6) is 0 Å². The standard InChI is InChI=1S/C15H12N4S/c1-10-5-6-11(2)13(8-10)19-15(12(9-16)17-18-19)14-4-3-7-20-14/h3-8H,1-2H3. The highest BCUT2D eigenvalue weighted by molar-refractivity contribution is 7.13. The van der Waals surface area contributed by atoms with Gasteiger partial charge in [0.25, 0.3) is 0 Å². The van der Waals surface area contributed by atoms with Crippen LogP contribution < -0.4 is 0 Å². The topological polar surface area (TPSA) is 54.5 Å². The maximum Gasteiger partial charge on any atom is 0.191 e. The molecule has 3 aromatic rings. The fourth-order valence-electron chi connectivity index (χ4n) is 2.11. The average molecular weight is 280 g/mol. The molecule has 0 saturated heterocycles. The Morgan fingerprint density at radius 2 is 2.10 bits per heavy atom. The maximum absolute atomic E-state index is 9.24. The average Bonchev–Trinajstić information content (AvgIpc) is 3.08. The van der Waals surface area contributed by atoms with E-state index in [9.17, 15) is 5.26 Å². The largest absolute Gasteiger partial charge is 0.210 e. The molecular formula is C15H12N4S. The van der Waals surface area contributed by atoms with Gasteiger partial charge in [-0.25, -0.2) is 4.68 Å². The zero-order valence-electron chi connectivity index (χ0n) is 11.2. The smallest absolute Gasteiger partial charge is 0.191 e. The van der Waals surface area contributed by atoms with E-state index in [0.29, 0.717) is 5.69 Å². The number of nitriles is 1. The van der Waals surface area contributed by atoms with E-state index in [1.807, 2.05) is 31.4 Å². The molecule has 0 N–H and O–H groups in total. The van der Waals surface area contributed by atoms with Crippen molar-refractivity contribution >= 4 is 11.3 Å². The van der Waals surface area contributed by atoms with E-state index in [4.69, 9.17) is 0 Å². The Balaban J connectivity index is 2.28. The normalized spacial score (nSPS) is 10.4. The van der Waals surface area contributed by atoms with Crippen LogP contribution in [0.1, 0.15) is 16.8 Å². The highest BCUT2D eigenvalue weighted by Gasteiger charge is 2.18. The molecule has 2 aromatic heterocycles. The Bertz CT molecular complexity index is 794. The van der Waals surface area contributed by atoms with Gasteiger partial charge in [0.1, 0.15) is 11.8 Å². The van der Waals surface area contributed by atoms with Crippen LogP contribution >= 0.6 is 11.3 Å². The Hall–Kier alpha value is -2.45. The second-order valence-electron chi connectivity index (χ2n) is 4.58. The lowest BCUT2D eigenvalue weighted by atomic mass is 10.1. The lowest BCUT2D eigenvalue weighted by Crippen LogP contribution is -2.02. The molecule has 4 nitrogen and oxygen atoms in total. The molecule has 0 amide bonds. The van der Waals surface area contributed by atoms with E-state index in [-0.39, 0.29) is 0 Å². The van der Waals surface area contributed by atoms with Crippen LogP contribution in [0.15, 0.2) is 35.7 Å². The molecule has 0 saturated carbocycles. The Kier molecular flexibility index (Phi) is 3.09. The highest BCUT2D eigenvalue weighted by Crippen LogP contribution is 2.29. The van der Waals surface area contributed by atoms with Gasteiger partial charge in [-0.1, -0.05) is 23.4 Å². The molecule has 0 unspecified atom stereocenters. The third kappa shape index (κ3) is 2.00. The molecule has 5 heteroatoms. The molecule has 20 heavy (non-hydrogen) atoms. The number of hydrogen-bond acceptors (Lipinski definition) is 4. The maximum atomic E-state index is 9.24. The van der Waals surface area contributed by atoms with Crippen LogP contribution in [-0.2, 0) is 0 Å². The van der Waals surface area contributed by atoms with Gasteiger partial charge in [0.15, 0.2) is 5.69 Å². The molecule has 0 spiro atoms. The second-order valence-corrected chi connectivity index (χ2v) is 5.53. The summed E-state index contributed by atoms with van der Waals surface area (Å²) < 4.78 is 1.76. The minimum absolute atomic E-state index is 0.355. The third-order valence-corrected chi connectivity index (χ3v) is 4.00. The Morgan fingerprint density at radius 1 is 1.25 bits per heavy atom. The number of benzene rings is 1. The van der Waals surface area contributed by atoms with Crippen LogP contribution in [0, 0.1) is 25.2 Å². The summed E-state index contributed by atoms with van der Waals surface area (Å²) in [4.78, 5) is 0.993. The predicted molar refractivity (Wildman–Crippen MR) is 78.9 cm³/mol. The molecule has 3 rings (SSSR count). The van der Waals surface area contributed by atoms with Crippen LogP contribution in [0.3, 0.4) is 0 Å². The third-order valence-electron chi connectivity index (χ3n) is 3.12. The van der Waals surface area contributed by atoms with Gasteiger partial charge in [0, 0.05) is 0 Å². The van der Waals surface area contributed by atoms with Gasteiger partial charge < -0.3 is 0 Å². The van der Waals surface area contributed by atoms with Crippen LogP contribution in [-0.4, -0.2) is 15.0 Å². The van der Waals surface area contributed by atoms with Gasteiger partial charge in [-0.05, 0) is 42.5 Å². The number of rotatable bonds is 2. The molecule has 0 atom stereocenters. The molecule has 0 bridgehead atoms. The van der Waals surface area contributed by atoms with Crippen molar-refractivity contribution in [3.63, 3.8) is 0 Å². The first-order valence-corrected chi connectivity index (χ1v) is 7.06. The lowest BCUT2D eigenvalue weighted by molar-refractivity contribution is 0.802. The first-order valence-electron chi connectivity index (χ1n) is 6.18. The zero-order chi connectivity index (χ0) is 14.1. The van der Waals surface area contributed by atoms with E-state index in [2.05, 4.69) is 34.6 Å². The minimum atomic E-state index is 0.355. The van der Waals surface area contributed by atoms with Crippen LogP contribution in [0.2, 0.25) is 0 Å². The van der Waals surface area contributed by atoms with Crippen molar-refractivity contribution < 1.29 is 0 Å². The fourth-order valence-corrected chi connectivity index (χ4v) is 2.86. The van der Waals surface area contributed by atoms with Gasteiger partial charge in [-0.15, -0.1) is 16.4 Å². The number of nitrogens with zero attached hydrogens (tertiary/aromatic N) is 4. The number of thiophene rings is 1. The molecule has 2 heterocycles. The molecule has 0 fully saturated rings. The van der Waals surface area contributed by atoms with Gasteiger partial charge >= 0.3 is 0 Å². The van der Waals surface area contributed by atoms with Gasteiger partial charge in [-0.3, -0.25) is 0 Å². The van der Waals surface area contributed by atoms with Crippen molar-refractivity contribution in [1.82, 2.24) is 15.0 Å². The Morgan fingerprint density at radius 3 is 2.80 bits per heavy atom. The molecule has 0 radical (unpaired) electrons. The van der Waals surface area contributed by atoms with Crippen molar-refractivity contribution in [2.75, 3.05) is 0 Å². The van der Waals surface area contributed by atoms with Crippen molar-refractivity contribution in [2.24, 2.45) is 0 Å². The quantitative estimate of drug-likeness (QED) is 0.722. The van der Waals surface area contributed by atoms with E-state index in [0.717, 1.165) is 27.4 Å². The fraction of sp³-hybridized carbons (Fsp3) is 0.133. The Labute approximate surface area is 120 Å². The van der Waals surface area contributed by atoms with E-state index in [1.165, 1.54) is 0 Å². The summed E-state index contributed by atoms with van der Waals surface area (Å²) in [6.45, 7) is 4.07. The van der Waals surface area contributed by atoms with Crippen LogP contribution in [0.25, 0.3) is 16.3 Å². The molecule has 1 aromatic carbocycles. The summed E-state index contributed by atoms with van der Waals surface area (Å²) in [5.41, 5.74) is 4.33. The SMILES string of the molecule is Cc1ccc(C)c(-n2nnc(C#N)c2-c2cccs2)c1. The first kappa shape index (κ1) is 12.6. The number of aromatic nitrogens is 3. The first-order chi connectivity index (χ1) is 9.70. The van der Waals surface area contributed by atoms with Gasteiger partial charge in [0.05, 0.1) is 10.6 Å². The summed E-state index contributed by atoms with van der Waals surface area (Å²) in [6.07, 6.45) is 0. The van der Waals surface area contributed by atoms with Gasteiger partial charge in [0.2, 0.25) is 0 Å². The monoisotopic (exact) mass is 280 g/mol. The molecule has 0 aliphatic rings. The van der Waals surface area contributed by atoms with Gasteiger partial charge in [-0.2, -0.15) is 5.26 Å². The summed E-state index contributed by atoms with van der Waals surface area (Å²) >= 11 is 1.58. The van der Waals surface area contributed by atoms with E-state index < -0.39 is 0 Å². The molecule has 0 aliphatic carbocycles.